The third kappa shape index (κ3) is 7.85. The first-order chi connectivity index (χ1) is 16.9. The number of nitrogens with zero attached hydrogens (tertiary/aromatic N) is 2. The molecule has 0 bridgehead atoms. The van der Waals surface area contributed by atoms with Crippen LogP contribution < -0.4 is 5.32 Å². The SMILES string of the molecule is [C-]#[N+]c1ccc(CCC(=O)N2CCC(CC(=O)N[C@@H](Cc3ccc(O)cc3)C(=O)OC)CC2)cc1. The Balaban J connectivity index is 1.43. The molecule has 0 saturated carbocycles. The minimum atomic E-state index is -0.803. The standard InChI is InChI=1S/C27H31N3O5/c1-28-22-8-3-19(4-9-22)7-12-26(33)30-15-13-21(14-16-30)18-25(32)29-24(27(34)35-2)17-20-5-10-23(31)11-6-20/h3-6,8-11,21,24,31H,7,12-18H2,2H3,(H,29,32)/t24-/m0/s1. The zero-order valence-electron chi connectivity index (χ0n) is 19.9. The summed E-state index contributed by atoms with van der Waals surface area (Å²) in [5.74, 6) is -0.358. The normalized spacial score (nSPS) is 14.6. The zero-order chi connectivity index (χ0) is 25.2. The second kappa shape index (κ2) is 12.6. The van der Waals surface area contributed by atoms with Gasteiger partial charge in [0, 0.05) is 32.4 Å². The van der Waals surface area contributed by atoms with Crippen LogP contribution in [0.4, 0.5) is 5.69 Å². The van der Waals surface area contributed by atoms with Crippen LogP contribution in [0.15, 0.2) is 48.5 Å². The number of likely N-dealkylation sites (tertiary alicyclic amines) is 1. The number of esters is 1. The molecule has 0 spiro atoms. The Morgan fingerprint density at radius 3 is 2.31 bits per heavy atom. The number of rotatable bonds is 9. The van der Waals surface area contributed by atoms with Crippen LogP contribution in [0.5, 0.6) is 5.75 Å². The fourth-order valence-corrected chi connectivity index (χ4v) is 4.25. The summed E-state index contributed by atoms with van der Waals surface area (Å²) in [6.45, 7) is 8.23. The molecule has 1 heterocycles. The number of nitrogens with one attached hydrogen (secondary N) is 1. The fraction of sp³-hybridized carbons (Fsp3) is 0.407. The summed E-state index contributed by atoms with van der Waals surface area (Å²) in [6.07, 6.45) is 3.08. The fourth-order valence-electron chi connectivity index (χ4n) is 4.25. The number of phenolic OH excluding ortho intramolecular Hbond substituents is 1. The highest BCUT2D eigenvalue weighted by Gasteiger charge is 2.27. The Labute approximate surface area is 205 Å². The molecule has 0 aliphatic carbocycles. The van der Waals surface area contributed by atoms with Crippen molar-refractivity contribution in [3.05, 3.63) is 71.1 Å². The molecule has 184 valence electrons. The van der Waals surface area contributed by atoms with Crippen molar-refractivity contribution >= 4 is 23.5 Å². The molecule has 0 unspecified atom stereocenters. The van der Waals surface area contributed by atoms with Gasteiger partial charge in [0.25, 0.3) is 0 Å². The van der Waals surface area contributed by atoms with Crippen molar-refractivity contribution in [1.29, 1.82) is 0 Å². The highest BCUT2D eigenvalue weighted by molar-refractivity contribution is 5.84. The van der Waals surface area contributed by atoms with Gasteiger partial charge < -0.3 is 20.1 Å². The Morgan fingerprint density at radius 1 is 1.09 bits per heavy atom. The number of phenols is 1. The molecule has 1 atom stereocenters. The number of carbonyl (C=O) groups excluding carboxylic acids is 3. The molecule has 2 aromatic rings. The molecule has 0 radical (unpaired) electrons. The van der Waals surface area contributed by atoms with Crippen molar-refractivity contribution in [2.75, 3.05) is 20.2 Å². The summed E-state index contributed by atoms with van der Waals surface area (Å²) >= 11 is 0. The molecule has 35 heavy (non-hydrogen) atoms. The lowest BCUT2D eigenvalue weighted by molar-refractivity contribution is -0.145. The van der Waals surface area contributed by atoms with E-state index in [0.29, 0.717) is 38.0 Å². The maximum absolute atomic E-state index is 12.6. The van der Waals surface area contributed by atoms with Crippen LogP contribution >= 0.6 is 0 Å². The van der Waals surface area contributed by atoms with Crippen LogP contribution in [0.3, 0.4) is 0 Å². The van der Waals surface area contributed by atoms with Gasteiger partial charge in [-0.25, -0.2) is 9.64 Å². The first-order valence-electron chi connectivity index (χ1n) is 11.8. The molecule has 2 aromatic carbocycles. The number of amides is 2. The molecule has 8 nitrogen and oxygen atoms in total. The number of ether oxygens (including phenoxy) is 1. The monoisotopic (exact) mass is 477 g/mol. The van der Waals surface area contributed by atoms with Crippen molar-refractivity contribution in [3.63, 3.8) is 0 Å². The summed E-state index contributed by atoms with van der Waals surface area (Å²) in [7, 11) is 1.29. The number of hydrogen-bond donors (Lipinski definition) is 2. The van der Waals surface area contributed by atoms with Gasteiger partial charge in [0.2, 0.25) is 11.8 Å². The molecule has 0 aromatic heterocycles. The Bertz CT molecular complexity index is 1050. The molecular formula is C27H31N3O5. The van der Waals surface area contributed by atoms with E-state index in [9.17, 15) is 19.5 Å². The number of hydrogen-bond acceptors (Lipinski definition) is 5. The smallest absolute Gasteiger partial charge is 0.328 e. The number of piperidine rings is 1. The molecular weight excluding hydrogens is 446 g/mol. The summed E-state index contributed by atoms with van der Waals surface area (Å²) in [4.78, 5) is 42.7. The summed E-state index contributed by atoms with van der Waals surface area (Å²) in [5.41, 5.74) is 2.42. The van der Waals surface area contributed by atoms with E-state index < -0.39 is 12.0 Å². The average Bonchev–Trinajstić information content (AvgIpc) is 2.88. The first-order valence-corrected chi connectivity index (χ1v) is 11.8. The van der Waals surface area contributed by atoms with E-state index in [1.807, 2.05) is 17.0 Å². The lowest BCUT2D eigenvalue weighted by Gasteiger charge is -2.32. The van der Waals surface area contributed by atoms with E-state index in [0.717, 1.165) is 24.0 Å². The van der Waals surface area contributed by atoms with Gasteiger partial charge in [-0.2, -0.15) is 0 Å². The van der Waals surface area contributed by atoms with Crippen LogP contribution in [0.2, 0.25) is 0 Å². The van der Waals surface area contributed by atoms with Gasteiger partial charge >= 0.3 is 5.97 Å². The molecule has 1 saturated heterocycles. The second-order valence-corrected chi connectivity index (χ2v) is 8.82. The quantitative estimate of drug-likeness (QED) is 0.426. The number of benzene rings is 2. The molecule has 1 aliphatic heterocycles. The number of methoxy groups -OCH3 is 1. The lowest BCUT2D eigenvalue weighted by Crippen LogP contribution is -2.44. The summed E-state index contributed by atoms with van der Waals surface area (Å²) in [5, 5.41) is 12.2. The predicted octanol–water partition coefficient (Wildman–Crippen LogP) is 3.40. The second-order valence-electron chi connectivity index (χ2n) is 8.82. The van der Waals surface area contributed by atoms with E-state index in [1.54, 1.807) is 24.3 Å². The van der Waals surface area contributed by atoms with E-state index >= 15 is 0 Å². The minimum Gasteiger partial charge on any atom is -0.508 e. The van der Waals surface area contributed by atoms with Crippen LogP contribution in [-0.2, 0) is 32.0 Å². The van der Waals surface area contributed by atoms with E-state index in [4.69, 9.17) is 11.3 Å². The minimum absolute atomic E-state index is 0.0989. The van der Waals surface area contributed by atoms with Gasteiger partial charge in [-0.15, -0.1) is 0 Å². The topological polar surface area (TPSA) is 100 Å². The Hall–Kier alpha value is -3.86. The molecule has 3 rings (SSSR count). The predicted molar refractivity (Wildman–Crippen MR) is 131 cm³/mol. The van der Waals surface area contributed by atoms with Gasteiger partial charge in [0.1, 0.15) is 11.8 Å². The van der Waals surface area contributed by atoms with Crippen molar-refractivity contribution in [3.8, 4) is 5.75 Å². The van der Waals surface area contributed by atoms with E-state index in [2.05, 4.69) is 10.2 Å². The number of aryl methyl sites for hydroxylation is 1. The third-order valence-corrected chi connectivity index (χ3v) is 6.33. The maximum atomic E-state index is 12.6. The third-order valence-electron chi connectivity index (χ3n) is 6.33. The molecule has 1 aliphatic rings. The van der Waals surface area contributed by atoms with Crippen molar-refractivity contribution in [2.45, 2.75) is 44.6 Å². The van der Waals surface area contributed by atoms with E-state index in [-0.39, 0.29) is 29.9 Å². The summed E-state index contributed by atoms with van der Waals surface area (Å²) in [6, 6.07) is 13.0. The van der Waals surface area contributed by atoms with Crippen molar-refractivity contribution in [1.82, 2.24) is 10.2 Å². The largest absolute Gasteiger partial charge is 0.508 e. The molecule has 2 amide bonds. The van der Waals surface area contributed by atoms with Crippen LogP contribution in [0, 0.1) is 12.5 Å². The summed E-state index contributed by atoms with van der Waals surface area (Å²) < 4.78 is 4.85. The van der Waals surface area contributed by atoms with Gasteiger partial charge in [-0.1, -0.05) is 42.0 Å². The van der Waals surface area contributed by atoms with Crippen molar-refractivity contribution < 1.29 is 24.2 Å². The average molecular weight is 478 g/mol. The molecule has 8 heteroatoms. The van der Waals surface area contributed by atoms with Crippen LogP contribution in [-0.4, -0.2) is 54.0 Å². The number of aromatic hydroxyl groups is 1. The Kier molecular flexibility index (Phi) is 9.24. The molecule has 1 fully saturated rings. The van der Waals surface area contributed by atoms with Gasteiger partial charge in [-0.3, -0.25) is 9.59 Å². The van der Waals surface area contributed by atoms with E-state index in [1.165, 1.54) is 19.2 Å². The molecule has 2 N–H and O–H groups in total. The Morgan fingerprint density at radius 2 is 1.71 bits per heavy atom. The van der Waals surface area contributed by atoms with Crippen LogP contribution in [0.25, 0.3) is 4.85 Å². The lowest BCUT2D eigenvalue weighted by atomic mass is 9.92. The maximum Gasteiger partial charge on any atom is 0.328 e. The highest BCUT2D eigenvalue weighted by Crippen LogP contribution is 2.22. The van der Waals surface area contributed by atoms with Gasteiger partial charge in [0.15, 0.2) is 5.69 Å². The highest BCUT2D eigenvalue weighted by atomic mass is 16.5. The first kappa shape index (κ1) is 25.8. The van der Waals surface area contributed by atoms with Crippen molar-refractivity contribution in [2.24, 2.45) is 5.92 Å². The zero-order valence-corrected chi connectivity index (χ0v) is 19.9. The van der Waals surface area contributed by atoms with Crippen LogP contribution in [0.1, 0.15) is 36.8 Å². The van der Waals surface area contributed by atoms with Gasteiger partial charge in [0.05, 0.1) is 13.7 Å². The van der Waals surface area contributed by atoms with Gasteiger partial charge in [-0.05, 0) is 42.9 Å². The number of carbonyl (C=O) groups is 3.